The van der Waals surface area contributed by atoms with Gasteiger partial charge in [0, 0.05) is 17.5 Å². The van der Waals surface area contributed by atoms with Gasteiger partial charge in [0.2, 0.25) is 0 Å². The van der Waals surface area contributed by atoms with Crippen molar-refractivity contribution in [2.45, 2.75) is 19.4 Å². The first-order valence-electron chi connectivity index (χ1n) is 6.09. The number of hydrogen-bond donors (Lipinski definition) is 1. The summed E-state index contributed by atoms with van der Waals surface area (Å²) in [6.07, 6.45) is 1.69. The van der Waals surface area contributed by atoms with Gasteiger partial charge in [-0.05, 0) is 31.2 Å². The maximum absolute atomic E-state index is 12.1. The second kappa shape index (κ2) is 4.39. The predicted molar refractivity (Wildman–Crippen MR) is 69.4 cm³/mol. The number of Topliss-reactive ketones (excluding diaryl/α,β-unsaturated/α-hetero) is 1. The average Bonchev–Trinajstić information content (AvgIpc) is 2.40. The van der Waals surface area contributed by atoms with E-state index in [0.29, 0.717) is 11.3 Å². The third-order valence-electron chi connectivity index (χ3n) is 3.21. The molecule has 2 aromatic rings. The van der Waals surface area contributed by atoms with Crippen LogP contribution in [0.5, 0.6) is 11.5 Å². The summed E-state index contributed by atoms with van der Waals surface area (Å²) in [5.74, 6) is 0.563. The minimum atomic E-state index is -0.308. The van der Waals surface area contributed by atoms with Gasteiger partial charge in [-0.3, -0.25) is 9.78 Å². The van der Waals surface area contributed by atoms with Gasteiger partial charge in [0.05, 0.1) is 12.0 Å². The molecule has 0 radical (unpaired) electrons. The Morgan fingerprint density at radius 2 is 2.16 bits per heavy atom. The first-order valence-corrected chi connectivity index (χ1v) is 6.09. The summed E-state index contributed by atoms with van der Waals surface area (Å²) in [5, 5.41) is 9.40. The lowest BCUT2D eigenvalue weighted by atomic mass is 9.97. The SMILES string of the molecule is Cc1ccc([C@@H]2CC(=O)c3cc(O)ccc3O2)cn1. The van der Waals surface area contributed by atoms with Crippen LogP contribution in [-0.2, 0) is 0 Å². The molecule has 0 bridgehead atoms. The summed E-state index contributed by atoms with van der Waals surface area (Å²) in [4.78, 5) is 16.3. The van der Waals surface area contributed by atoms with Crippen molar-refractivity contribution in [3.8, 4) is 11.5 Å². The molecule has 0 saturated heterocycles. The average molecular weight is 255 g/mol. The van der Waals surface area contributed by atoms with Gasteiger partial charge >= 0.3 is 0 Å². The Morgan fingerprint density at radius 1 is 1.32 bits per heavy atom. The summed E-state index contributed by atoms with van der Waals surface area (Å²) >= 11 is 0. The number of rotatable bonds is 1. The van der Waals surface area contributed by atoms with Gasteiger partial charge < -0.3 is 9.84 Å². The van der Waals surface area contributed by atoms with Crippen molar-refractivity contribution in [2.75, 3.05) is 0 Å². The molecule has 1 N–H and O–H groups in total. The molecule has 1 aliphatic heterocycles. The van der Waals surface area contributed by atoms with Crippen molar-refractivity contribution in [3.63, 3.8) is 0 Å². The molecule has 0 fully saturated rings. The van der Waals surface area contributed by atoms with Crippen LogP contribution in [0.15, 0.2) is 36.5 Å². The van der Waals surface area contributed by atoms with Gasteiger partial charge in [-0.2, -0.15) is 0 Å². The van der Waals surface area contributed by atoms with Gasteiger partial charge in [-0.1, -0.05) is 6.07 Å². The highest BCUT2D eigenvalue weighted by Gasteiger charge is 2.28. The van der Waals surface area contributed by atoms with Crippen LogP contribution in [0.3, 0.4) is 0 Å². The number of fused-ring (bicyclic) bond motifs is 1. The molecule has 3 rings (SSSR count). The normalized spacial score (nSPS) is 17.7. The van der Waals surface area contributed by atoms with Crippen LogP contribution in [0, 0.1) is 6.92 Å². The fraction of sp³-hybridized carbons (Fsp3) is 0.200. The van der Waals surface area contributed by atoms with E-state index in [1.54, 1.807) is 12.3 Å². The highest BCUT2D eigenvalue weighted by molar-refractivity contribution is 6.00. The summed E-state index contributed by atoms with van der Waals surface area (Å²) in [6, 6.07) is 8.40. The minimum Gasteiger partial charge on any atom is -0.508 e. The summed E-state index contributed by atoms with van der Waals surface area (Å²) in [5.41, 5.74) is 2.25. The Hall–Kier alpha value is -2.36. The number of carbonyl (C=O) groups is 1. The molecule has 4 heteroatoms. The van der Waals surface area contributed by atoms with Crippen LogP contribution in [0.25, 0.3) is 0 Å². The molecule has 1 aliphatic rings. The van der Waals surface area contributed by atoms with E-state index >= 15 is 0 Å². The molecule has 1 aromatic heterocycles. The molecule has 96 valence electrons. The number of aryl methyl sites for hydroxylation is 1. The molecule has 1 aromatic carbocycles. The van der Waals surface area contributed by atoms with Gasteiger partial charge in [-0.25, -0.2) is 0 Å². The number of aromatic nitrogens is 1. The lowest BCUT2D eigenvalue weighted by Crippen LogP contribution is -2.20. The van der Waals surface area contributed by atoms with Crippen molar-refractivity contribution in [1.29, 1.82) is 0 Å². The van der Waals surface area contributed by atoms with Gasteiger partial charge in [0.25, 0.3) is 0 Å². The van der Waals surface area contributed by atoms with Crippen molar-refractivity contribution in [2.24, 2.45) is 0 Å². The number of carbonyl (C=O) groups excluding carboxylic acids is 1. The lowest BCUT2D eigenvalue weighted by molar-refractivity contribution is 0.0849. The van der Waals surface area contributed by atoms with Crippen LogP contribution in [0.4, 0.5) is 0 Å². The third kappa shape index (κ3) is 2.17. The van der Waals surface area contributed by atoms with Crippen LogP contribution in [0.2, 0.25) is 0 Å². The smallest absolute Gasteiger partial charge is 0.170 e. The van der Waals surface area contributed by atoms with Crippen molar-refractivity contribution >= 4 is 5.78 Å². The Kier molecular flexibility index (Phi) is 2.71. The fourth-order valence-electron chi connectivity index (χ4n) is 2.17. The monoisotopic (exact) mass is 255 g/mol. The minimum absolute atomic E-state index is 0.0253. The molecule has 0 aliphatic carbocycles. The molecule has 0 saturated carbocycles. The number of benzene rings is 1. The van der Waals surface area contributed by atoms with E-state index in [-0.39, 0.29) is 24.1 Å². The highest BCUT2D eigenvalue weighted by atomic mass is 16.5. The van der Waals surface area contributed by atoms with E-state index < -0.39 is 0 Å². The van der Waals surface area contributed by atoms with E-state index in [9.17, 15) is 9.90 Å². The number of nitrogens with zero attached hydrogens (tertiary/aromatic N) is 1. The van der Waals surface area contributed by atoms with E-state index in [1.807, 2.05) is 19.1 Å². The second-order valence-corrected chi connectivity index (χ2v) is 4.65. The van der Waals surface area contributed by atoms with Crippen molar-refractivity contribution < 1.29 is 14.6 Å². The highest BCUT2D eigenvalue weighted by Crippen LogP contribution is 2.36. The Morgan fingerprint density at radius 3 is 2.89 bits per heavy atom. The van der Waals surface area contributed by atoms with Crippen LogP contribution in [-0.4, -0.2) is 15.9 Å². The van der Waals surface area contributed by atoms with Crippen molar-refractivity contribution in [1.82, 2.24) is 4.98 Å². The van der Waals surface area contributed by atoms with Crippen LogP contribution < -0.4 is 4.74 Å². The quantitative estimate of drug-likeness (QED) is 0.851. The van der Waals surface area contributed by atoms with E-state index in [2.05, 4.69) is 4.98 Å². The van der Waals surface area contributed by atoms with Gasteiger partial charge in [-0.15, -0.1) is 0 Å². The van der Waals surface area contributed by atoms with Crippen LogP contribution >= 0.6 is 0 Å². The number of pyridine rings is 1. The zero-order chi connectivity index (χ0) is 13.4. The summed E-state index contributed by atoms with van der Waals surface area (Å²) in [7, 11) is 0. The van der Waals surface area contributed by atoms with Gasteiger partial charge in [0.15, 0.2) is 5.78 Å². The Balaban J connectivity index is 1.95. The van der Waals surface area contributed by atoms with E-state index in [1.165, 1.54) is 12.1 Å². The molecule has 0 amide bonds. The molecule has 2 heterocycles. The number of ketones is 1. The molecular weight excluding hydrogens is 242 g/mol. The second-order valence-electron chi connectivity index (χ2n) is 4.65. The predicted octanol–water partition coefficient (Wildman–Crippen LogP) is 2.80. The first-order chi connectivity index (χ1) is 9.13. The number of ether oxygens (including phenoxy) is 1. The summed E-state index contributed by atoms with van der Waals surface area (Å²) < 4.78 is 5.81. The van der Waals surface area contributed by atoms with Gasteiger partial charge in [0.1, 0.15) is 17.6 Å². The molecule has 0 spiro atoms. The maximum Gasteiger partial charge on any atom is 0.170 e. The number of phenolic OH excluding ortho intramolecular Hbond substituents is 1. The largest absolute Gasteiger partial charge is 0.508 e. The molecule has 0 unspecified atom stereocenters. The standard InChI is InChI=1S/C15H13NO3/c1-9-2-3-10(8-16-9)15-7-13(18)12-6-11(17)4-5-14(12)19-15/h2-6,8,15,17H,7H2,1H3/t15-/m0/s1. The van der Waals surface area contributed by atoms with E-state index in [4.69, 9.17) is 4.74 Å². The maximum atomic E-state index is 12.1. The Labute approximate surface area is 110 Å². The van der Waals surface area contributed by atoms with E-state index in [0.717, 1.165) is 11.3 Å². The lowest BCUT2D eigenvalue weighted by Gasteiger charge is -2.25. The van der Waals surface area contributed by atoms with Crippen molar-refractivity contribution in [3.05, 3.63) is 53.3 Å². The molecule has 19 heavy (non-hydrogen) atoms. The Bertz CT molecular complexity index is 634. The summed E-state index contributed by atoms with van der Waals surface area (Å²) in [6.45, 7) is 1.91. The first kappa shape index (κ1) is 11.7. The molecule has 4 nitrogen and oxygen atoms in total. The number of phenols is 1. The molecular formula is C15H13NO3. The fourth-order valence-corrected chi connectivity index (χ4v) is 2.17. The topological polar surface area (TPSA) is 59.4 Å². The van der Waals surface area contributed by atoms with Crippen LogP contribution in [0.1, 0.15) is 34.1 Å². The number of hydrogen-bond acceptors (Lipinski definition) is 4. The molecule has 1 atom stereocenters. The zero-order valence-electron chi connectivity index (χ0n) is 10.5. The number of aromatic hydroxyl groups is 1. The third-order valence-corrected chi connectivity index (χ3v) is 3.21. The zero-order valence-corrected chi connectivity index (χ0v) is 10.5.